The van der Waals surface area contributed by atoms with E-state index in [-0.39, 0.29) is 260 Å². The highest BCUT2D eigenvalue weighted by molar-refractivity contribution is 5.94. The van der Waals surface area contributed by atoms with Crippen molar-refractivity contribution in [3.63, 3.8) is 0 Å². The number of nitrogens with two attached hydrogens (primary N) is 1. The van der Waals surface area contributed by atoms with E-state index in [1.807, 2.05) is 0 Å². The lowest BCUT2D eigenvalue weighted by Crippen LogP contribution is -2.43. The highest BCUT2D eigenvalue weighted by Gasteiger charge is 2.31. The van der Waals surface area contributed by atoms with Gasteiger partial charge in [0.15, 0.2) is 11.6 Å². The second-order valence-electron chi connectivity index (χ2n) is 30.2. The molecule has 0 saturated heterocycles. The highest BCUT2D eigenvalue weighted by Crippen LogP contribution is 2.25. The maximum atomic E-state index is 13.7. The Labute approximate surface area is 692 Å². The van der Waals surface area contributed by atoms with Crippen LogP contribution < -0.4 is 37.6 Å². The van der Waals surface area contributed by atoms with Gasteiger partial charge in [-0.3, -0.25) is 62.3 Å². The molecule has 0 aliphatic rings. The molecule has 0 fully saturated rings. The van der Waals surface area contributed by atoms with E-state index in [0.717, 1.165) is 103 Å². The van der Waals surface area contributed by atoms with E-state index in [1.165, 1.54) is 6.92 Å². The lowest BCUT2D eigenvalue weighted by Gasteiger charge is -2.23. The molecule has 0 saturated carbocycles. The number of rotatable bonds is 87. The summed E-state index contributed by atoms with van der Waals surface area (Å²) in [5, 5.41) is 52.4. The average Bonchev–Trinajstić information content (AvgIpc) is 0.880. The number of Topliss-reactive ketones (excluding diaryl/α,β-unsaturated/α-hetero) is 5. The molecule has 0 unspecified atom stereocenters. The van der Waals surface area contributed by atoms with Gasteiger partial charge in [-0.15, -0.1) is 0 Å². The van der Waals surface area contributed by atoms with Crippen LogP contribution in [0.15, 0.2) is 0 Å². The normalized spacial score (nSPS) is 12.4. The van der Waals surface area contributed by atoms with E-state index in [1.54, 1.807) is 13.8 Å². The number of ether oxygens (including phenoxy) is 8. The van der Waals surface area contributed by atoms with Gasteiger partial charge < -0.3 is 96.0 Å². The Bertz CT molecular complexity index is 2790. The zero-order valence-electron chi connectivity index (χ0n) is 70.5. The van der Waals surface area contributed by atoms with Crippen molar-refractivity contribution >= 4 is 88.2 Å². The number of nitrogens with one attached hydrogen (secondary N) is 6. The molecule has 117 heavy (non-hydrogen) atoms. The predicted octanol–water partition coefficient (Wildman–Crippen LogP) is 7.33. The van der Waals surface area contributed by atoms with Crippen molar-refractivity contribution in [2.75, 3.05) is 132 Å². The molecule has 0 aliphatic heterocycles. The van der Waals surface area contributed by atoms with Crippen molar-refractivity contribution in [1.29, 1.82) is 0 Å². The number of unbranched alkanes of at least 4 members (excludes halogenated alkanes) is 20. The Morgan fingerprint density at radius 3 is 1.02 bits per heavy atom. The third kappa shape index (κ3) is 72.4. The van der Waals surface area contributed by atoms with Gasteiger partial charge in [0.05, 0.1) is 71.6 Å². The van der Waals surface area contributed by atoms with Gasteiger partial charge in [0.2, 0.25) is 35.4 Å². The van der Waals surface area contributed by atoms with Gasteiger partial charge in [-0.25, -0.2) is 9.59 Å². The molecule has 0 aromatic rings. The van der Waals surface area contributed by atoms with Gasteiger partial charge in [0.25, 0.3) is 0 Å². The SMILES string of the molecule is CC(=O)[C@H](CCCCNC(=O)COCCOCCNC(=O)COCCOCCCC(=O)CC[C@H](NC(=O)CCCCCCCCCCCCC(=O)O)C(=O)O)CC(=O)[C@H](CCCCNC(=O)COCCOCCCC(=O)COCCOCCNC(=O)CC[C@H](NC(=O)CCCCCCCCCCCCC(=O)O)C(=O)O)CC(=O)C(C)(C)N. The second kappa shape index (κ2) is 74.9. The van der Waals surface area contributed by atoms with Gasteiger partial charge in [-0.1, -0.05) is 116 Å². The lowest BCUT2D eigenvalue weighted by molar-refractivity contribution is -0.142. The summed E-state index contributed by atoms with van der Waals surface area (Å²) in [7, 11) is 0. The predicted molar refractivity (Wildman–Crippen MR) is 434 cm³/mol. The smallest absolute Gasteiger partial charge is 0.326 e. The molecule has 0 aromatic heterocycles. The van der Waals surface area contributed by atoms with Gasteiger partial charge in [0.1, 0.15) is 55.9 Å². The summed E-state index contributed by atoms with van der Waals surface area (Å²) in [5.41, 5.74) is 4.92. The number of amides is 6. The highest BCUT2D eigenvalue weighted by atomic mass is 16.5. The number of hydrogen-bond donors (Lipinski definition) is 11. The summed E-state index contributed by atoms with van der Waals surface area (Å²) < 4.78 is 43.4. The van der Waals surface area contributed by atoms with Crippen molar-refractivity contribution < 1.29 is 130 Å². The first-order chi connectivity index (χ1) is 56.1. The van der Waals surface area contributed by atoms with Crippen LogP contribution in [0.3, 0.4) is 0 Å². The first-order valence-electron chi connectivity index (χ1n) is 42.7. The Morgan fingerprint density at radius 2 is 0.632 bits per heavy atom. The monoisotopic (exact) mass is 1670 g/mol. The number of carbonyl (C=O) groups excluding carboxylic acids is 11. The van der Waals surface area contributed by atoms with Crippen LogP contribution in [0.2, 0.25) is 0 Å². The van der Waals surface area contributed by atoms with Crippen molar-refractivity contribution in [1.82, 2.24) is 31.9 Å². The summed E-state index contributed by atoms with van der Waals surface area (Å²) >= 11 is 0. The van der Waals surface area contributed by atoms with E-state index in [0.29, 0.717) is 90.1 Å². The van der Waals surface area contributed by atoms with E-state index in [2.05, 4.69) is 31.9 Å². The first kappa shape index (κ1) is 110. The Hall–Kier alpha value is -7.31. The quantitative estimate of drug-likeness (QED) is 0.0265. The minimum Gasteiger partial charge on any atom is -0.481 e. The number of aliphatic carboxylic acids is 4. The van der Waals surface area contributed by atoms with E-state index in [9.17, 15) is 82.1 Å². The molecule has 4 atom stereocenters. The zero-order valence-corrected chi connectivity index (χ0v) is 70.5. The zero-order chi connectivity index (χ0) is 86.8. The maximum Gasteiger partial charge on any atom is 0.326 e. The van der Waals surface area contributed by atoms with Crippen molar-refractivity contribution in [3.05, 3.63) is 0 Å². The van der Waals surface area contributed by atoms with Gasteiger partial charge in [-0.2, -0.15) is 0 Å². The minimum atomic E-state index is -1.22. The number of carboxylic acid groups (broad SMARTS) is 4. The molecule has 6 amide bonds. The van der Waals surface area contributed by atoms with Crippen LogP contribution in [0.1, 0.15) is 278 Å². The molecular weight excluding hydrogens is 1530 g/mol. The maximum absolute atomic E-state index is 13.7. The molecule has 0 rings (SSSR count). The van der Waals surface area contributed by atoms with E-state index in [4.69, 9.17) is 53.8 Å². The standard InChI is InChI=1S/C83H145N7O27/c1-64(91)65(30-24-26-42-85-77(100)62-117-57-53-113-49-45-88-78(101)63-116-56-50-110-46-28-32-67(92)38-39-69(81(106)107)89-74(97)34-20-16-12-8-4-6-10-14-18-22-36-79(102)103)58-71(94)66(59-72(95)83(2,3)84)31-25-27-43-86-76(99)61-115-55-51-111-47-29-33-68(93)60-114-54-52-112-48-44-87-73(96)41-40-70(82(108)109)90-75(98)35-21-17-13-9-5-7-11-15-19-23-37-80(104)105/h65-66,69-70H,4-63,84H2,1-3H3,(H,85,100)(H,86,99)(H,87,96)(H,88,101)(H,89,97)(H,90,98)(H,102,103)(H,104,105)(H,106,107)(H,108,109)/t65-,66-,69+,70+/m1/s1. The third-order valence-corrected chi connectivity index (χ3v) is 19.0. The second-order valence-corrected chi connectivity index (χ2v) is 30.2. The largest absolute Gasteiger partial charge is 0.481 e. The van der Waals surface area contributed by atoms with Crippen LogP contribution in [0.4, 0.5) is 0 Å². The molecule has 0 radical (unpaired) electrons. The van der Waals surface area contributed by atoms with Crippen LogP contribution in [-0.4, -0.2) is 258 Å². The molecule has 0 bridgehead atoms. The fraction of sp³-hybridized carbons (Fsp3) is 0.819. The van der Waals surface area contributed by atoms with Crippen LogP contribution in [-0.2, 0) is 110 Å². The van der Waals surface area contributed by atoms with Crippen LogP contribution in [0, 0.1) is 11.8 Å². The lowest BCUT2D eigenvalue weighted by atomic mass is 9.82. The summed E-state index contributed by atoms with van der Waals surface area (Å²) in [6.45, 7) is 7.05. The molecule has 34 nitrogen and oxygen atoms in total. The molecule has 0 aliphatic carbocycles. The Balaban J connectivity index is 4.13. The van der Waals surface area contributed by atoms with E-state index < -0.39 is 53.3 Å². The topological polar surface area (TPSA) is 509 Å². The summed E-state index contributed by atoms with van der Waals surface area (Å²) in [6.07, 6.45) is 23.6. The number of carboxylic acids is 4. The summed E-state index contributed by atoms with van der Waals surface area (Å²) in [4.78, 5) is 183. The van der Waals surface area contributed by atoms with Crippen molar-refractivity contribution in [2.45, 2.75) is 295 Å². The Morgan fingerprint density at radius 1 is 0.299 bits per heavy atom. The number of carbonyl (C=O) groups is 15. The van der Waals surface area contributed by atoms with Gasteiger partial charge in [-0.05, 0) is 97.8 Å². The van der Waals surface area contributed by atoms with Crippen LogP contribution in [0.25, 0.3) is 0 Å². The van der Waals surface area contributed by atoms with Gasteiger partial charge >= 0.3 is 23.9 Å². The van der Waals surface area contributed by atoms with Crippen LogP contribution in [0.5, 0.6) is 0 Å². The van der Waals surface area contributed by atoms with Crippen molar-refractivity contribution in [2.24, 2.45) is 17.6 Å². The molecule has 12 N–H and O–H groups in total. The molecular formula is C83H145N7O27. The van der Waals surface area contributed by atoms with Crippen molar-refractivity contribution in [3.8, 4) is 0 Å². The Kier molecular flexibility index (Phi) is 70.3. The van der Waals surface area contributed by atoms with E-state index >= 15 is 0 Å². The summed E-state index contributed by atoms with van der Waals surface area (Å²) in [6, 6.07) is -2.33. The molecule has 0 aromatic carbocycles. The number of hydrogen-bond acceptors (Lipinski definition) is 24. The third-order valence-electron chi connectivity index (χ3n) is 19.0. The molecule has 674 valence electrons. The van der Waals surface area contributed by atoms with Gasteiger partial charge in [0, 0.05) is 115 Å². The molecule has 0 heterocycles. The molecule has 34 heteroatoms. The average molecular weight is 1670 g/mol. The van der Waals surface area contributed by atoms with Crippen LogP contribution >= 0.6 is 0 Å². The fourth-order valence-corrected chi connectivity index (χ4v) is 12.1. The fourth-order valence-electron chi connectivity index (χ4n) is 12.1. The number of ketones is 5. The summed E-state index contributed by atoms with van der Waals surface area (Å²) in [5.74, 6) is -8.28. The first-order valence-corrected chi connectivity index (χ1v) is 42.7. The minimum absolute atomic E-state index is 0.00376. The molecule has 0 spiro atoms.